The van der Waals surface area contributed by atoms with Crippen molar-refractivity contribution in [2.24, 2.45) is 0 Å². The normalized spacial score (nSPS) is 10.3. The van der Waals surface area contributed by atoms with Crippen LogP contribution in [0.15, 0.2) is 18.2 Å². The minimum atomic E-state index is 0.855. The van der Waals surface area contributed by atoms with Crippen LogP contribution in [0.2, 0.25) is 0 Å². The van der Waals surface area contributed by atoms with Crippen molar-refractivity contribution in [1.82, 2.24) is 8.75 Å². The van der Waals surface area contributed by atoms with E-state index in [9.17, 15) is 0 Å². The summed E-state index contributed by atoms with van der Waals surface area (Å²) in [7, 11) is 1.87. The van der Waals surface area contributed by atoms with Crippen LogP contribution in [0.1, 0.15) is 11.1 Å². The second-order valence-electron chi connectivity index (χ2n) is 3.53. The zero-order chi connectivity index (χ0) is 10.8. The molecule has 2 aromatic rings. The first-order valence-electron chi connectivity index (χ1n) is 4.80. The molecule has 0 unspecified atom stereocenters. The van der Waals surface area contributed by atoms with E-state index in [0.717, 1.165) is 17.1 Å². The number of hydrogen-bond donors (Lipinski definition) is 1. The van der Waals surface area contributed by atoms with Gasteiger partial charge in [-0.15, -0.1) is 0 Å². The highest BCUT2D eigenvalue weighted by Gasteiger charge is 2.11. The van der Waals surface area contributed by atoms with E-state index in [0.29, 0.717) is 0 Å². The van der Waals surface area contributed by atoms with Gasteiger partial charge in [-0.05, 0) is 25.5 Å². The molecule has 2 rings (SSSR count). The highest BCUT2D eigenvalue weighted by molar-refractivity contribution is 6.99. The molecule has 78 valence electrons. The van der Waals surface area contributed by atoms with E-state index < -0.39 is 0 Å². The molecule has 4 heteroatoms. The number of anilines is 1. The summed E-state index contributed by atoms with van der Waals surface area (Å²) < 4.78 is 8.53. The SMILES string of the molecule is CNc1nsnc1-c1cc(C)ccc1C. The average molecular weight is 219 g/mol. The van der Waals surface area contributed by atoms with Gasteiger partial charge < -0.3 is 5.32 Å². The standard InChI is InChI=1S/C11H13N3S/c1-7-4-5-8(2)9(6-7)10-11(12-3)14-15-13-10/h4-6H,1-3H3,(H,12,14). The van der Waals surface area contributed by atoms with Crippen LogP contribution in [-0.4, -0.2) is 15.8 Å². The molecule has 1 heterocycles. The van der Waals surface area contributed by atoms with Crippen molar-refractivity contribution in [3.8, 4) is 11.3 Å². The molecule has 1 N–H and O–H groups in total. The quantitative estimate of drug-likeness (QED) is 0.844. The molecule has 0 bridgehead atoms. The Balaban J connectivity index is 2.58. The molecular weight excluding hydrogens is 206 g/mol. The lowest BCUT2D eigenvalue weighted by Gasteiger charge is -2.05. The number of aromatic nitrogens is 2. The molecule has 0 saturated carbocycles. The van der Waals surface area contributed by atoms with Crippen LogP contribution in [0.25, 0.3) is 11.3 Å². The van der Waals surface area contributed by atoms with E-state index >= 15 is 0 Å². The fourth-order valence-electron chi connectivity index (χ4n) is 1.52. The summed E-state index contributed by atoms with van der Waals surface area (Å²) in [6.45, 7) is 4.18. The van der Waals surface area contributed by atoms with Gasteiger partial charge >= 0.3 is 0 Å². The fraction of sp³-hybridized carbons (Fsp3) is 0.273. The monoisotopic (exact) mass is 219 g/mol. The Bertz CT molecular complexity index is 476. The van der Waals surface area contributed by atoms with Crippen LogP contribution in [0.5, 0.6) is 0 Å². The number of nitrogens with zero attached hydrogens (tertiary/aromatic N) is 2. The van der Waals surface area contributed by atoms with Crippen LogP contribution in [0.3, 0.4) is 0 Å². The topological polar surface area (TPSA) is 37.8 Å². The minimum absolute atomic E-state index is 0.855. The zero-order valence-electron chi connectivity index (χ0n) is 9.03. The Hall–Kier alpha value is -1.42. The first kappa shape index (κ1) is 10.1. The van der Waals surface area contributed by atoms with Gasteiger partial charge in [-0.1, -0.05) is 17.7 Å². The molecule has 0 radical (unpaired) electrons. The molecular formula is C11H13N3S. The highest BCUT2D eigenvalue weighted by atomic mass is 32.1. The molecule has 0 aliphatic heterocycles. The largest absolute Gasteiger partial charge is 0.370 e. The maximum Gasteiger partial charge on any atom is 0.167 e. The fourth-order valence-corrected chi connectivity index (χ4v) is 2.09. The molecule has 15 heavy (non-hydrogen) atoms. The Kier molecular flexibility index (Phi) is 2.68. The van der Waals surface area contributed by atoms with Gasteiger partial charge in [0.2, 0.25) is 0 Å². The summed E-state index contributed by atoms with van der Waals surface area (Å²) in [5.41, 5.74) is 4.58. The van der Waals surface area contributed by atoms with Crippen molar-refractivity contribution >= 4 is 17.5 Å². The lowest BCUT2D eigenvalue weighted by atomic mass is 10.0. The molecule has 1 aromatic carbocycles. The minimum Gasteiger partial charge on any atom is -0.370 e. The number of benzene rings is 1. The number of aryl methyl sites for hydroxylation is 2. The molecule has 0 amide bonds. The van der Waals surface area contributed by atoms with E-state index in [2.05, 4.69) is 46.1 Å². The average Bonchev–Trinajstić information content (AvgIpc) is 2.69. The molecule has 0 spiro atoms. The van der Waals surface area contributed by atoms with Gasteiger partial charge in [0.05, 0.1) is 11.7 Å². The van der Waals surface area contributed by atoms with Crippen molar-refractivity contribution in [2.45, 2.75) is 13.8 Å². The van der Waals surface area contributed by atoms with Crippen LogP contribution in [-0.2, 0) is 0 Å². The molecule has 0 saturated heterocycles. The number of hydrogen-bond acceptors (Lipinski definition) is 4. The predicted molar refractivity (Wildman–Crippen MR) is 64.4 cm³/mol. The summed E-state index contributed by atoms with van der Waals surface area (Å²) in [6.07, 6.45) is 0. The molecule has 1 aromatic heterocycles. The second kappa shape index (κ2) is 3.98. The second-order valence-corrected chi connectivity index (χ2v) is 4.06. The third kappa shape index (κ3) is 1.85. The third-order valence-electron chi connectivity index (χ3n) is 2.37. The maximum absolute atomic E-state index is 4.33. The lowest BCUT2D eigenvalue weighted by Crippen LogP contribution is -1.92. The molecule has 0 aliphatic rings. The summed E-state index contributed by atoms with van der Waals surface area (Å²) >= 11 is 1.24. The first-order valence-corrected chi connectivity index (χ1v) is 5.53. The van der Waals surface area contributed by atoms with Crippen LogP contribution >= 0.6 is 11.7 Å². The van der Waals surface area contributed by atoms with Crippen molar-refractivity contribution in [3.05, 3.63) is 29.3 Å². The van der Waals surface area contributed by atoms with Crippen molar-refractivity contribution in [1.29, 1.82) is 0 Å². The van der Waals surface area contributed by atoms with Gasteiger partial charge in [-0.2, -0.15) is 8.75 Å². The predicted octanol–water partition coefficient (Wildman–Crippen LogP) is 2.86. The van der Waals surface area contributed by atoms with E-state index in [4.69, 9.17) is 0 Å². The van der Waals surface area contributed by atoms with E-state index in [-0.39, 0.29) is 0 Å². The summed E-state index contributed by atoms with van der Waals surface area (Å²) in [4.78, 5) is 0. The zero-order valence-corrected chi connectivity index (χ0v) is 9.85. The Morgan fingerprint density at radius 1 is 1.20 bits per heavy atom. The Morgan fingerprint density at radius 2 is 2.00 bits per heavy atom. The van der Waals surface area contributed by atoms with Crippen LogP contribution in [0, 0.1) is 13.8 Å². The van der Waals surface area contributed by atoms with E-state index in [1.807, 2.05) is 7.05 Å². The van der Waals surface area contributed by atoms with E-state index in [1.54, 1.807) is 0 Å². The van der Waals surface area contributed by atoms with Gasteiger partial charge in [-0.3, -0.25) is 0 Å². The smallest absolute Gasteiger partial charge is 0.167 e. The van der Waals surface area contributed by atoms with Gasteiger partial charge in [0.1, 0.15) is 5.69 Å². The van der Waals surface area contributed by atoms with Crippen molar-refractivity contribution < 1.29 is 0 Å². The highest BCUT2D eigenvalue weighted by Crippen LogP contribution is 2.28. The first-order chi connectivity index (χ1) is 7.22. The summed E-state index contributed by atoms with van der Waals surface area (Å²) in [6, 6.07) is 6.37. The van der Waals surface area contributed by atoms with E-state index in [1.165, 1.54) is 22.9 Å². The van der Waals surface area contributed by atoms with Crippen LogP contribution in [0.4, 0.5) is 5.82 Å². The van der Waals surface area contributed by atoms with Gasteiger partial charge in [0, 0.05) is 12.6 Å². The molecule has 3 nitrogen and oxygen atoms in total. The number of rotatable bonds is 2. The van der Waals surface area contributed by atoms with Crippen LogP contribution < -0.4 is 5.32 Å². The van der Waals surface area contributed by atoms with Crippen molar-refractivity contribution in [3.63, 3.8) is 0 Å². The maximum atomic E-state index is 4.33. The Morgan fingerprint density at radius 3 is 2.73 bits per heavy atom. The van der Waals surface area contributed by atoms with Gasteiger partial charge in [0.15, 0.2) is 5.82 Å². The summed E-state index contributed by atoms with van der Waals surface area (Å²) in [5, 5.41) is 3.06. The number of nitrogens with one attached hydrogen (secondary N) is 1. The summed E-state index contributed by atoms with van der Waals surface area (Å²) in [5.74, 6) is 0.855. The lowest BCUT2D eigenvalue weighted by molar-refractivity contribution is 1.35. The van der Waals surface area contributed by atoms with Crippen molar-refractivity contribution in [2.75, 3.05) is 12.4 Å². The molecule has 0 aliphatic carbocycles. The van der Waals surface area contributed by atoms with Gasteiger partial charge in [0.25, 0.3) is 0 Å². The molecule has 0 fully saturated rings. The van der Waals surface area contributed by atoms with Gasteiger partial charge in [-0.25, -0.2) is 0 Å². The Labute approximate surface area is 93.5 Å². The molecule has 0 atom stereocenters. The third-order valence-corrected chi connectivity index (χ3v) is 2.90.